The van der Waals surface area contributed by atoms with Gasteiger partial charge in [0.25, 0.3) is 5.91 Å². The molecule has 6 rings (SSSR count). The molecule has 0 bridgehead atoms. The number of fused-ring (bicyclic) bond motifs is 1. The molecule has 1 saturated carbocycles. The highest BCUT2D eigenvalue weighted by molar-refractivity contribution is 6.05. The Hall–Kier alpha value is -2.49. The molecule has 1 aromatic carbocycles. The van der Waals surface area contributed by atoms with Gasteiger partial charge in [0.05, 0.1) is 25.9 Å². The number of hydrogen-bond acceptors (Lipinski definition) is 7. The third-order valence-corrected chi connectivity index (χ3v) is 9.13. The number of nitrogens with one attached hydrogen (secondary N) is 2. The second-order valence-corrected chi connectivity index (χ2v) is 11.3. The van der Waals surface area contributed by atoms with Gasteiger partial charge in [0.1, 0.15) is 11.8 Å². The van der Waals surface area contributed by atoms with Gasteiger partial charge in [-0.15, -0.1) is 0 Å². The van der Waals surface area contributed by atoms with Crippen LogP contribution < -0.4 is 15.4 Å². The van der Waals surface area contributed by atoms with E-state index in [1.165, 1.54) is 5.56 Å². The molecule has 3 amide bonds. The van der Waals surface area contributed by atoms with Crippen molar-refractivity contribution in [2.45, 2.75) is 88.1 Å². The first-order valence-corrected chi connectivity index (χ1v) is 14.0. The minimum absolute atomic E-state index is 0.157. The molecule has 9 heteroatoms. The second-order valence-electron chi connectivity index (χ2n) is 11.3. The molecule has 0 spiro atoms. The molecule has 0 radical (unpaired) electrons. The Morgan fingerprint density at radius 3 is 2.41 bits per heavy atom. The lowest BCUT2D eigenvalue weighted by Crippen LogP contribution is -2.52. The molecule has 4 fully saturated rings. The SMILES string of the molecule is COc1c(C2CCN([C@H]3C[C@H](OC4CCNCC4)C3)CC2)ccc2c1CN(C1CCC(=O)NC1=O)C2=O. The number of likely N-dealkylation sites (tertiary alicyclic amines) is 1. The molecule has 200 valence electrons. The Labute approximate surface area is 218 Å². The Kier molecular flexibility index (Phi) is 6.94. The minimum atomic E-state index is -0.612. The lowest BCUT2D eigenvalue weighted by Gasteiger charge is -2.46. The number of benzene rings is 1. The molecule has 37 heavy (non-hydrogen) atoms. The van der Waals surface area contributed by atoms with E-state index in [1.54, 1.807) is 12.0 Å². The fourth-order valence-corrected chi connectivity index (χ4v) is 6.92. The predicted octanol–water partition coefficient (Wildman–Crippen LogP) is 1.94. The second kappa shape index (κ2) is 10.3. The fourth-order valence-electron chi connectivity index (χ4n) is 6.92. The summed E-state index contributed by atoms with van der Waals surface area (Å²) in [5.74, 6) is 0.360. The molecule has 0 aromatic heterocycles. The van der Waals surface area contributed by atoms with E-state index in [0.29, 0.717) is 42.7 Å². The van der Waals surface area contributed by atoms with E-state index in [1.807, 2.05) is 6.07 Å². The molecule has 5 aliphatic rings. The summed E-state index contributed by atoms with van der Waals surface area (Å²) in [4.78, 5) is 41.4. The van der Waals surface area contributed by atoms with Gasteiger partial charge in [0.15, 0.2) is 0 Å². The molecule has 4 heterocycles. The van der Waals surface area contributed by atoms with Crippen LogP contribution in [-0.4, -0.2) is 85.1 Å². The summed E-state index contributed by atoms with van der Waals surface area (Å²) in [5.41, 5.74) is 2.64. The van der Waals surface area contributed by atoms with Crippen LogP contribution in [0.15, 0.2) is 12.1 Å². The molecule has 3 saturated heterocycles. The maximum Gasteiger partial charge on any atom is 0.255 e. The monoisotopic (exact) mass is 510 g/mol. The Morgan fingerprint density at radius 1 is 0.946 bits per heavy atom. The minimum Gasteiger partial charge on any atom is -0.496 e. The number of rotatable bonds is 6. The number of carbonyl (C=O) groups excluding carboxylic acids is 3. The molecule has 1 unspecified atom stereocenters. The number of carbonyl (C=O) groups is 3. The Morgan fingerprint density at radius 2 is 1.70 bits per heavy atom. The van der Waals surface area contributed by atoms with E-state index in [4.69, 9.17) is 9.47 Å². The number of ether oxygens (including phenoxy) is 2. The van der Waals surface area contributed by atoms with Gasteiger partial charge < -0.3 is 24.6 Å². The van der Waals surface area contributed by atoms with Crippen molar-refractivity contribution in [3.8, 4) is 5.75 Å². The zero-order chi connectivity index (χ0) is 25.5. The van der Waals surface area contributed by atoms with Gasteiger partial charge in [-0.3, -0.25) is 19.7 Å². The number of piperidine rings is 3. The molecular formula is C28H38N4O5. The molecular weight excluding hydrogens is 472 g/mol. The number of methoxy groups -OCH3 is 1. The van der Waals surface area contributed by atoms with Crippen LogP contribution in [0.2, 0.25) is 0 Å². The van der Waals surface area contributed by atoms with E-state index in [9.17, 15) is 14.4 Å². The van der Waals surface area contributed by atoms with Crippen molar-refractivity contribution in [1.82, 2.24) is 20.4 Å². The lowest BCUT2D eigenvalue weighted by molar-refractivity contribution is -0.136. The maximum atomic E-state index is 13.2. The van der Waals surface area contributed by atoms with E-state index in [0.717, 1.165) is 76.0 Å². The molecule has 1 atom stereocenters. The van der Waals surface area contributed by atoms with Crippen LogP contribution in [0, 0.1) is 0 Å². The van der Waals surface area contributed by atoms with Gasteiger partial charge in [-0.25, -0.2) is 0 Å². The standard InChI is InChI=1S/C28H38N4O5/c1-36-26-21(2-3-22-23(26)16-32(28(22)35)24-4-5-25(33)30-27(24)34)17-8-12-31(13-9-17)18-14-20(15-18)37-19-6-10-29-11-7-19/h2-3,17-20,24,29H,4-16H2,1H3,(H,30,33,34)/t18-,20-,24?. The summed E-state index contributed by atoms with van der Waals surface area (Å²) in [6.45, 7) is 4.62. The number of hydrogen-bond donors (Lipinski definition) is 2. The quantitative estimate of drug-likeness (QED) is 0.564. The van der Waals surface area contributed by atoms with Crippen LogP contribution in [0.5, 0.6) is 5.75 Å². The van der Waals surface area contributed by atoms with Crippen molar-refractivity contribution in [1.29, 1.82) is 0 Å². The van der Waals surface area contributed by atoms with Gasteiger partial charge >= 0.3 is 0 Å². The summed E-state index contributed by atoms with van der Waals surface area (Å²) < 4.78 is 12.2. The molecule has 1 aliphatic carbocycles. The average Bonchev–Trinajstić information content (AvgIpc) is 3.22. The van der Waals surface area contributed by atoms with Crippen molar-refractivity contribution in [2.24, 2.45) is 0 Å². The Balaban J connectivity index is 1.07. The summed E-state index contributed by atoms with van der Waals surface area (Å²) in [6, 6.07) is 3.98. The Bertz CT molecular complexity index is 1060. The van der Waals surface area contributed by atoms with Crippen molar-refractivity contribution < 1.29 is 23.9 Å². The van der Waals surface area contributed by atoms with Crippen molar-refractivity contribution in [2.75, 3.05) is 33.3 Å². The molecule has 9 nitrogen and oxygen atoms in total. The highest BCUT2D eigenvalue weighted by Crippen LogP contribution is 2.42. The first-order valence-electron chi connectivity index (χ1n) is 14.0. The first-order chi connectivity index (χ1) is 18.0. The van der Waals surface area contributed by atoms with Crippen LogP contribution >= 0.6 is 0 Å². The number of amides is 3. The zero-order valence-corrected chi connectivity index (χ0v) is 21.7. The summed E-state index contributed by atoms with van der Waals surface area (Å²) in [6.07, 6.45) is 8.16. The van der Waals surface area contributed by atoms with Crippen molar-refractivity contribution in [3.05, 3.63) is 28.8 Å². The van der Waals surface area contributed by atoms with Gasteiger partial charge in [-0.05, 0) is 88.7 Å². The van der Waals surface area contributed by atoms with Crippen LogP contribution in [0.3, 0.4) is 0 Å². The van der Waals surface area contributed by atoms with Gasteiger partial charge in [-0.2, -0.15) is 0 Å². The number of nitrogens with zero attached hydrogens (tertiary/aromatic N) is 2. The topological polar surface area (TPSA) is 100 Å². The predicted molar refractivity (Wildman–Crippen MR) is 136 cm³/mol. The van der Waals surface area contributed by atoms with Gasteiger partial charge in [0.2, 0.25) is 11.8 Å². The first kappa shape index (κ1) is 24.8. The highest BCUT2D eigenvalue weighted by Gasteiger charge is 2.42. The fraction of sp³-hybridized carbons (Fsp3) is 0.679. The van der Waals surface area contributed by atoms with Crippen molar-refractivity contribution >= 4 is 17.7 Å². The zero-order valence-electron chi connectivity index (χ0n) is 21.7. The van der Waals surface area contributed by atoms with Crippen LogP contribution in [0.4, 0.5) is 0 Å². The highest BCUT2D eigenvalue weighted by atomic mass is 16.5. The smallest absolute Gasteiger partial charge is 0.255 e. The van der Waals surface area contributed by atoms with Crippen LogP contribution in [0.25, 0.3) is 0 Å². The largest absolute Gasteiger partial charge is 0.496 e. The van der Waals surface area contributed by atoms with E-state index in [-0.39, 0.29) is 24.1 Å². The van der Waals surface area contributed by atoms with Crippen molar-refractivity contribution in [3.63, 3.8) is 0 Å². The molecule has 2 N–H and O–H groups in total. The molecule has 1 aromatic rings. The number of imide groups is 1. The summed E-state index contributed by atoms with van der Waals surface area (Å²) in [5, 5.41) is 5.78. The lowest BCUT2D eigenvalue weighted by atomic mass is 9.82. The average molecular weight is 511 g/mol. The van der Waals surface area contributed by atoms with Crippen LogP contribution in [0.1, 0.15) is 78.8 Å². The third-order valence-electron chi connectivity index (χ3n) is 9.13. The maximum absolute atomic E-state index is 13.2. The summed E-state index contributed by atoms with van der Waals surface area (Å²) in [7, 11) is 1.67. The van der Waals surface area contributed by atoms with Gasteiger partial charge in [-0.1, -0.05) is 6.07 Å². The summed E-state index contributed by atoms with van der Waals surface area (Å²) >= 11 is 0. The molecule has 4 aliphatic heterocycles. The van der Waals surface area contributed by atoms with Gasteiger partial charge in [0, 0.05) is 23.6 Å². The van der Waals surface area contributed by atoms with E-state index >= 15 is 0 Å². The normalized spacial score (nSPS) is 29.7. The van der Waals surface area contributed by atoms with E-state index in [2.05, 4.69) is 21.6 Å². The third kappa shape index (κ3) is 4.77. The van der Waals surface area contributed by atoms with Crippen LogP contribution in [-0.2, 0) is 20.9 Å². The van der Waals surface area contributed by atoms with E-state index < -0.39 is 6.04 Å².